The number of methoxy groups -OCH3 is 1. The molecule has 2 aromatic rings. The minimum atomic E-state index is -0.184. The zero-order valence-corrected chi connectivity index (χ0v) is 13.9. The summed E-state index contributed by atoms with van der Waals surface area (Å²) in [5.74, 6) is 0.578. The first kappa shape index (κ1) is 15.1. The van der Waals surface area contributed by atoms with Crippen LogP contribution in [0.1, 0.15) is 15.9 Å². The molecule has 104 valence electrons. The lowest BCUT2D eigenvalue weighted by Crippen LogP contribution is -2.12. The highest BCUT2D eigenvalue weighted by atomic mass is 127. The summed E-state index contributed by atoms with van der Waals surface area (Å²) >= 11 is 8.15. The predicted octanol–water partition coefficient (Wildman–Crippen LogP) is 4.51. The van der Waals surface area contributed by atoms with Gasteiger partial charge in [0.2, 0.25) is 0 Å². The van der Waals surface area contributed by atoms with E-state index in [-0.39, 0.29) is 5.91 Å². The number of hydrogen-bond donors (Lipinski definition) is 1. The van der Waals surface area contributed by atoms with Crippen LogP contribution in [0, 0.1) is 10.5 Å². The molecule has 0 saturated carbocycles. The minimum Gasteiger partial charge on any atom is -0.497 e. The first-order valence-corrected chi connectivity index (χ1v) is 7.38. The number of ether oxygens (including phenoxy) is 1. The molecule has 0 bridgehead atoms. The summed E-state index contributed by atoms with van der Waals surface area (Å²) in [6.45, 7) is 1.92. The van der Waals surface area contributed by atoms with Gasteiger partial charge in [-0.2, -0.15) is 0 Å². The first-order chi connectivity index (χ1) is 9.51. The molecule has 20 heavy (non-hydrogen) atoms. The van der Waals surface area contributed by atoms with E-state index >= 15 is 0 Å². The first-order valence-electron chi connectivity index (χ1n) is 5.92. The number of carbonyl (C=O) groups is 1. The van der Waals surface area contributed by atoms with Crippen molar-refractivity contribution in [2.75, 3.05) is 12.4 Å². The van der Waals surface area contributed by atoms with Crippen LogP contribution < -0.4 is 10.1 Å². The van der Waals surface area contributed by atoms with Crippen molar-refractivity contribution in [3.05, 3.63) is 56.1 Å². The van der Waals surface area contributed by atoms with Gasteiger partial charge >= 0.3 is 0 Å². The normalized spacial score (nSPS) is 10.2. The van der Waals surface area contributed by atoms with Crippen molar-refractivity contribution in [1.29, 1.82) is 0 Å². The van der Waals surface area contributed by atoms with E-state index in [1.54, 1.807) is 19.2 Å². The molecule has 0 saturated heterocycles. The largest absolute Gasteiger partial charge is 0.497 e. The molecule has 3 nitrogen and oxygen atoms in total. The Kier molecular flexibility index (Phi) is 4.88. The molecule has 0 aliphatic heterocycles. The molecule has 0 aliphatic carbocycles. The summed E-state index contributed by atoms with van der Waals surface area (Å²) < 4.78 is 6.06. The Morgan fingerprint density at radius 3 is 2.60 bits per heavy atom. The van der Waals surface area contributed by atoms with Crippen LogP contribution in [0.4, 0.5) is 5.69 Å². The van der Waals surface area contributed by atoms with Crippen LogP contribution in [-0.2, 0) is 0 Å². The van der Waals surface area contributed by atoms with E-state index in [1.807, 2.05) is 31.2 Å². The van der Waals surface area contributed by atoms with Crippen LogP contribution >= 0.6 is 34.2 Å². The molecule has 5 heteroatoms. The average molecular weight is 402 g/mol. The maximum atomic E-state index is 12.2. The molecule has 0 aromatic heterocycles. The summed E-state index contributed by atoms with van der Waals surface area (Å²) in [7, 11) is 1.61. The summed E-state index contributed by atoms with van der Waals surface area (Å²) in [5, 5.41) is 3.44. The van der Waals surface area contributed by atoms with Crippen molar-refractivity contribution in [3.63, 3.8) is 0 Å². The molecule has 0 spiro atoms. The van der Waals surface area contributed by atoms with Gasteiger partial charge in [0.25, 0.3) is 5.91 Å². The second kappa shape index (κ2) is 6.45. The SMILES string of the molecule is COc1ccc(NC(=O)c2ccc(I)c(Cl)c2)c(C)c1. The van der Waals surface area contributed by atoms with Crippen LogP contribution in [0.2, 0.25) is 5.02 Å². The summed E-state index contributed by atoms with van der Waals surface area (Å²) in [6.07, 6.45) is 0. The number of nitrogens with one attached hydrogen (secondary N) is 1. The van der Waals surface area contributed by atoms with Gasteiger partial charge in [0, 0.05) is 14.8 Å². The van der Waals surface area contributed by atoms with E-state index in [1.165, 1.54) is 0 Å². The molecule has 0 heterocycles. The second-order valence-electron chi connectivity index (χ2n) is 4.26. The number of benzene rings is 2. The monoisotopic (exact) mass is 401 g/mol. The number of halogens is 2. The Morgan fingerprint density at radius 1 is 1.25 bits per heavy atom. The van der Waals surface area contributed by atoms with E-state index in [4.69, 9.17) is 16.3 Å². The van der Waals surface area contributed by atoms with Crippen molar-refractivity contribution >= 4 is 45.8 Å². The lowest BCUT2D eigenvalue weighted by Gasteiger charge is -2.10. The zero-order valence-electron chi connectivity index (χ0n) is 11.0. The van der Waals surface area contributed by atoms with E-state index in [9.17, 15) is 4.79 Å². The van der Waals surface area contributed by atoms with Gasteiger partial charge in [0.1, 0.15) is 5.75 Å². The topological polar surface area (TPSA) is 38.3 Å². The van der Waals surface area contributed by atoms with Gasteiger partial charge in [-0.3, -0.25) is 4.79 Å². The fourth-order valence-electron chi connectivity index (χ4n) is 1.74. The Labute approximate surface area is 136 Å². The van der Waals surface area contributed by atoms with Crippen LogP contribution in [-0.4, -0.2) is 13.0 Å². The molecule has 0 unspecified atom stereocenters. The molecule has 2 rings (SSSR count). The van der Waals surface area contributed by atoms with Gasteiger partial charge in [-0.1, -0.05) is 11.6 Å². The molecular formula is C15H13ClINO2. The van der Waals surface area contributed by atoms with Crippen molar-refractivity contribution in [2.24, 2.45) is 0 Å². The number of rotatable bonds is 3. The van der Waals surface area contributed by atoms with Gasteiger partial charge < -0.3 is 10.1 Å². The smallest absolute Gasteiger partial charge is 0.255 e. The van der Waals surface area contributed by atoms with Crippen LogP contribution in [0.3, 0.4) is 0 Å². The van der Waals surface area contributed by atoms with Crippen molar-refractivity contribution < 1.29 is 9.53 Å². The Balaban J connectivity index is 2.21. The lowest BCUT2D eigenvalue weighted by atomic mass is 10.1. The highest BCUT2D eigenvalue weighted by molar-refractivity contribution is 14.1. The molecule has 1 N–H and O–H groups in total. The average Bonchev–Trinajstić information content (AvgIpc) is 2.43. The third-order valence-electron chi connectivity index (χ3n) is 2.86. The quantitative estimate of drug-likeness (QED) is 0.768. The third kappa shape index (κ3) is 3.43. The van der Waals surface area contributed by atoms with Gasteiger partial charge in [-0.05, 0) is 71.5 Å². The molecule has 0 atom stereocenters. The Hall–Kier alpha value is -1.27. The van der Waals surface area contributed by atoms with E-state index in [0.717, 1.165) is 20.6 Å². The van der Waals surface area contributed by atoms with Gasteiger partial charge in [0.05, 0.1) is 12.1 Å². The predicted molar refractivity (Wildman–Crippen MR) is 89.9 cm³/mol. The Morgan fingerprint density at radius 2 is 2.00 bits per heavy atom. The highest BCUT2D eigenvalue weighted by Gasteiger charge is 2.10. The molecule has 0 fully saturated rings. The molecule has 0 aliphatic rings. The number of amides is 1. The fraction of sp³-hybridized carbons (Fsp3) is 0.133. The highest BCUT2D eigenvalue weighted by Crippen LogP contribution is 2.23. The molecule has 0 radical (unpaired) electrons. The van der Waals surface area contributed by atoms with Crippen LogP contribution in [0.15, 0.2) is 36.4 Å². The van der Waals surface area contributed by atoms with Crippen LogP contribution in [0.5, 0.6) is 5.75 Å². The van der Waals surface area contributed by atoms with Gasteiger partial charge in [-0.25, -0.2) is 0 Å². The van der Waals surface area contributed by atoms with Crippen molar-refractivity contribution in [2.45, 2.75) is 6.92 Å². The number of hydrogen-bond acceptors (Lipinski definition) is 2. The number of carbonyl (C=O) groups excluding carboxylic acids is 1. The van der Waals surface area contributed by atoms with Gasteiger partial charge in [-0.15, -0.1) is 0 Å². The standard InChI is InChI=1S/C15H13ClINO2/c1-9-7-11(20-2)4-6-14(9)18-15(19)10-3-5-13(17)12(16)8-10/h3-8H,1-2H3,(H,18,19). The van der Waals surface area contributed by atoms with E-state index in [2.05, 4.69) is 27.9 Å². The minimum absolute atomic E-state index is 0.184. The fourth-order valence-corrected chi connectivity index (χ4v) is 2.25. The summed E-state index contributed by atoms with van der Waals surface area (Å²) in [6, 6.07) is 10.7. The molecule has 2 aromatic carbocycles. The third-order valence-corrected chi connectivity index (χ3v) is 4.44. The maximum absolute atomic E-state index is 12.2. The van der Waals surface area contributed by atoms with Crippen molar-refractivity contribution in [1.82, 2.24) is 0 Å². The zero-order chi connectivity index (χ0) is 14.7. The van der Waals surface area contributed by atoms with Crippen molar-refractivity contribution in [3.8, 4) is 5.75 Å². The summed E-state index contributed by atoms with van der Waals surface area (Å²) in [4.78, 5) is 12.2. The lowest BCUT2D eigenvalue weighted by molar-refractivity contribution is 0.102. The maximum Gasteiger partial charge on any atom is 0.255 e. The second-order valence-corrected chi connectivity index (χ2v) is 5.83. The van der Waals surface area contributed by atoms with Gasteiger partial charge in [0.15, 0.2) is 0 Å². The Bertz CT molecular complexity index is 658. The van der Waals surface area contributed by atoms with E-state index < -0.39 is 0 Å². The number of aryl methyl sites for hydroxylation is 1. The number of anilines is 1. The molecule has 1 amide bonds. The van der Waals surface area contributed by atoms with Crippen LogP contribution in [0.25, 0.3) is 0 Å². The van der Waals surface area contributed by atoms with E-state index in [0.29, 0.717) is 10.6 Å². The summed E-state index contributed by atoms with van der Waals surface area (Å²) in [5.41, 5.74) is 2.23. The molecular weight excluding hydrogens is 389 g/mol.